The summed E-state index contributed by atoms with van der Waals surface area (Å²) in [6, 6.07) is 0. The van der Waals surface area contributed by atoms with E-state index >= 15 is 0 Å². The van der Waals surface area contributed by atoms with Gasteiger partial charge in [-0.05, 0) is 57.8 Å². The van der Waals surface area contributed by atoms with Gasteiger partial charge in [0, 0.05) is 12.8 Å². The molecular weight excluding hydrogens is 774 g/mol. The summed E-state index contributed by atoms with van der Waals surface area (Å²) in [6.45, 7) is 4.18. The highest BCUT2D eigenvalue weighted by molar-refractivity contribution is 7.45. The lowest BCUT2D eigenvalue weighted by Crippen LogP contribution is -2.37. The van der Waals surface area contributed by atoms with Gasteiger partial charge < -0.3 is 27.9 Å². The first-order valence-electron chi connectivity index (χ1n) is 24.3. The second kappa shape index (κ2) is 42.3. The molecule has 0 saturated carbocycles. The van der Waals surface area contributed by atoms with Crippen LogP contribution in [0, 0.1) is 0 Å². The molecule has 0 radical (unpaired) electrons. The number of likely N-dealkylation sites (N-methyl/N-ethyl adjacent to an activating group) is 1. The number of ether oxygens (including phenoxy) is 2. The lowest BCUT2D eigenvalue weighted by atomic mass is 10.0. The Morgan fingerprint density at radius 3 is 1.37 bits per heavy atom. The number of rotatable bonds is 44. The van der Waals surface area contributed by atoms with Gasteiger partial charge >= 0.3 is 11.9 Å². The minimum Gasteiger partial charge on any atom is -0.756 e. The number of quaternary nitrogens is 1. The quantitative estimate of drug-likeness (QED) is 0.0196. The van der Waals surface area contributed by atoms with Crippen molar-refractivity contribution < 1.29 is 42.1 Å². The van der Waals surface area contributed by atoms with Gasteiger partial charge in [-0.1, -0.05) is 184 Å². The van der Waals surface area contributed by atoms with Gasteiger partial charge in [-0.3, -0.25) is 14.2 Å². The average molecular weight is 866 g/mol. The highest BCUT2D eigenvalue weighted by Gasteiger charge is 2.21. The van der Waals surface area contributed by atoms with Crippen LogP contribution in [-0.4, -0.2) is 70.0 Å². The predicted octanol–water partition coefficient (Wildman–Crippen LogP) is 13.6. The van der Waals surface area contributed by atoms with Crippen molar-refractivity contribution in [2.24, 2.45) is 0 Å². The maximum absolute atomic E-state index is 12.7. The summed E-state index contributed by atoms with van der Waals surface area (Å²) in [7, 11) is 1.14. The molecule has 9 nitrogen and oxygen atoms in total. The first kappa shape index (κ1) is 58.0. The number of hydrogen-bond donors (Lipinski definition) is 0. The zero-order valence-electron chi connectivity index (χ0n) is 39.4. The van der Waals surface area contributed by atoms with Gasteiger partial charge in [-0.25, -0.2) is 0 Å². The number of allylic oxidation sites excluding steroid dienone is 8. The van der Waals surface area contributed by atoms with E-state index in [2.05, 4.69) is 62.5 Å². The summed E-state index contributed by atoms with van der Waals surface area (Å²) in [5, 5.41) is 0. The van der Waals surface area contributed by atoms with Crippen LogP contribution in [0.2, 0.25) is 0 Å². The topological polar surface area (TPSA) is 111 Å². The molecule has 60 heavy (non-hydrogen) atoms. The highest BCUT2D eigenvalue weighted by atomic mass is 31.2. The van der Waals surface area contributed by atoms with Gasteiger partial charge in [0.1, 0.15) is 19.8 Å². The Hall–Kier alpha value is -2.03. The van der Waals surface area contributed by atoms with Gasteiger partial charge in [0.2, 0.25) is 0 Å². The van der Waals surface area contributed by atoms with Gasteiger partial charge in [0.25, 0.3) is 7.82 Å². The van der Waals surface area contributed by atoms with Crippen molar-refractivity contribution in [1.82, 2.24) is 0 Å². The number of esters is 2. The standard InChI is InChI=1S/C50H92NO8P/c1-6-8-10-12-14-16-18-20-22-24-25-27-29-31-33-35-37-39-41-43-50(53)59-48(47-58-60(54,55)57-45-44-51(3,4)5)46-56-49(52)42-40-38-36-34-32-30-28-26-23-21-19-17-15-13-11-9-7-2/h14,16,20,22,25,27,31,33,48H,6-13,15,17-19,21,23-24,26,28-30,32,34-47H2,1-5H3/b16-14+,22-20+,27-25+,33-31+/t48-/m1/s1. The maximum Gasteiger partial charge on any atom is 0.306 e. The molecule has 0 aromatic rings. The summed E-state index contributed by atoms with van der Waals surface area (Å²) in [6.07, 6.45) is 49.9. The summed E-state index contributed by atoms with van der Waals surface area (Å²) in [4.78, 5) is 37.6. The van der Waals surface area contributed by atoms with Crippen LogP contribution in [0.3, 0.4) is 0 Å². The molecule has 2 atom stereocenters. The van der Waals surface area contributed by atoms with E-state index in [9.17, 15) is 19.0 Å². The predicted molar refractivity (Wildman–Crippen MR) is 250 cm³/mol. The van der Waals surface area contributed by atoms with Crippen LogP contribution < -0.4 is 4.89 Å². The summed E-state index contributed by atoms with van der Waals surface area (Å²) in [5.74, 6) is -0.865. The Labute approximate surface area is 369 Å². The van der Waals surface area contributed by atoms with Gasteiger partial charge in [-0.15, -0.1) is 0 Å². The third-order valence-electron chi connectivity index (χ3n) is 10.4. The fourth-order valence-corrected chi connectivity index (χ4v) is 7.25. The van der Waals surface area contributed by atoms with E-state index in [4.69, 9.17) is 18.5 Å². The van der Waals surface area contributed by atoms with Gasteiger partial charge in [0.05, 0.1) is 27.7 Å². The zero-order valence-corrected chi connectivity index (χ0v) is 40.3. The Morgan fingerprint density at radius 2 is 0.900 bits per heavy atom. The average Bonchev–Trinajstić information content (AvgIpc) is 3.20. The molecule has 0 N–H and O–H groups in total. The molecule has 0 aromatic heterocycles. The van der Waals surface area contributed by atoms with Crippen molar-refractivity contribution in [2.75, 3.05) is 47.5 Å². The zero-order chi connectivity index (χ0) is 44.3. The minimum absolute atomic E-state index is 0.0376. The molecule has 0 bridgehead atoms. The van der Waals surface area contributed by atoms with E-state index in [0.29, 0.717) is 17.4 Å². The molecule has 10 heteroatoms. The number of phosphoric ester groups is 1. The molecule has 0 aliphatic rings. The van der Waals surface area contributed by atoms with Crippen molar-refractivity contribution in [2.45, 2.75) is 213 Å². The number of phosphoric acid groups is 1. The molecule has 0 aliphatic carbocycles. The van der Waals surface area contributed by atoms with Crippen LogP contribution in [0.4, 0.5) is 0 Å². The largest absolute Gasteiger partial charge is 0.756 e. The normalized spacial score (nSPS) is 13.9. The fourth-order valence-electron chi connectivity index (χ4n) is 6.52. The van der Waals surface area contributed by atoms with E-state index < -0.39 is 32.5 Å². The molecule has 0 aliphatic heterocycles. The number of unbranched alkanes of at least 4 members (excludes halogenated alkanes) is 22. The SMILES string of the molecule is CCCCC/C=C/C/C=C/C/C=C/C/C=C/CCCCCC(=O)O[C@H](COC(=O)CCCCCCCCCCCCCCCCCCC)COP(=O)([O-])OCC[N+](C)(C)C. The Morgan fingerprint density at radius 1 is 0.517 bits per heavy atom. The van der Waals surface area contributed by atoms with Crippen molar-refractivity contribution in [3.05, 3.63) is 48.6 Å². The maximum atomic E-state index is 12.7. The minimum atomic E-state index is -4.64. The van der Waals surface area contributed by atoms with Crippen LogP contribution in [0.1, 0.15) is 206 Å². The molecule has 350 valence electrons. The van der Waals surface area contributed by atoms with Crippen molar-refractivity contribution in [3.63, 3.8) is 0 Å². The highest BCUT2D eigenvalue weighted by Crippen LogP contribution is 2.38. The monoisotopic (exact) mass is 866 g/mol. The van der Waals surface area contributed by atoms with Crippen LogP contribution in [0.15, 0.2) is 48.6 Å². The van der Waals surface area contributed by atoms with Crippen LogP contribution in [0.25, 0.3) is 0 Å². The number of hydrogen-bond acceptors (Lipinski definition) is 8. The summed E-state index contributed by atoms with van der Waals surface area (Å²) < 4.78 is 34.0. The molecule has 0 aromatic carbocycles. The van der Waals surface area contributed by atoms with Crippen LogP contribution in [0.5, 0.6) is 0 Å². The van der Waals surface area contributed by atoms with E-state index in [1.54, 1.807) is 0 Å². The lowest BCUT2D eigenvalue weighted by molar-refractivity contribution is -0.870. The molecule has 0 fully saturated rings. The van der Waals surface area contributed by atoms with Crippen molar-refractivity contribution in [1.29, 1.82) is 0 Å². The second-order valence-corrected chi connectivity index (χ2v) is 18.9. The first-order chi connectivity index (χ1) is 29.0. The molecule has 1 unspecified atom stereocenters. The molecule has 0 heterocycles. The van der Waals surface area contributed by atoms with Gasteiger partial charge in [-0.2, -0.15) is 0 Å². The van der Waals surface area contributed by atoms with Gasteiger partial charge in [0.15, 0.2) is 6.10 Å². The number of nitrogens with zero attached hydrogens (tertiary/aromatic N) is 1. The van der Waals surface area contributed by atoms with Crippen molar-refractivity contribution in [3.8, 4) is 0 Å². The first-order valence-corrected chi connectivity index (χ1v) is 25.8. The molecule has 0 rings (SSSR count). The number of carbonyl (C=O) groups is 2. The Balaban J connectivity index is 4.36. The molecule has 0 spiro atoms. The fraction of sp³-hybridized carbons (Fsp3) is 0.800. The molecule has 0 amide bonds. The second-order valence-electron chi connectivity index (χ2n) is 17.5. The van der Waals surface area contributed by atoms with Crippen LogP contribution in [-0.2, 0) is 32.7 Å². The smallest absolute Gasteiger partial charge is 0.306 e. The Bertz CT molecular complexity index is 1160. The van der Waals surface area contributed by atoms with E-state index in [-0.39, 0.29) is 26.1 Å². The van der Waals surface area contributed by atoms with Crippen molar-refractivity contribution >= 4 is 19.8 Å². The third kappa shape index (κ3) is 45.5. The summed E-state index contributed by atoms with van der Waals surface area (Å²) in [5.41, 5.74) is 0. The lowest BCUT2D eigenvalue weighted by Gasteiger charge is -2.28. The van der Waals surface area contributed by atoms with E-state index in [0.717, 1.165) is 57.8 Å². The number of carbonyl (C=O) groups excluding carboxylic acids is 2. The molecular formula is C50H92NO8P. The van der Waals surface area contributed by atoms with Crippen LogP contribution >= 0.6 is 7.82 Å². The third-order valence-corrected chi connectivity index (χ3v) is 11.3. The van der Waals surface area contributed by atoms with E-state index in [1.807, 2.05) is 21.1 Å². The summed E-state index contributed by atoms with van der Waals surface area (Å²) >= 11 is 0. The van der Waals surface area contributed by atoms with E-state index in [1.165, 1.54) is 116 Å². The molecule has 0 saturated heterocycles. The Kier molecular flexibility index (Phi) is 40.8.